The summed E-state index contributed by atoms with van der Waals surface area (Å²) in [5.41, 5.74) is 1.24. The molecule has 2 aliphatic heterocycles. The molecule has 0 spiro atoms. The molecule has 5 fully saturated rings. The van der Waals surface area contributed by atoms with E-state index < -0.39 is 15.6 Å². The number of aromatic nitrogens is 2. The molecule has 1 saturated heterocycles. The fourth-order valence-electron chi connectivity index (χ4n) is 8.13. The fraction of sp³-hybridized carbons (Fsp3) is 0.607. The van der Waals surface area contributed by atoms with Crippen LogP contribution < -0.4 is 20.0 Å². The Morgan fingerprint density at radius 3 is 2.17 bits per heavy atom. The molecule has 2 unspecified atom stereocenters. The van der Waals surface area contributed by atoms with Crippen LogP contribution in [-0.4, -0.2) is 91.2 Å². The average molecular weight is 568 g/mol. The van der Waals surface area contributed by atoms with Crippen molar-refractivity contribution in [2.45, 2.75) is 43.7 Å². The Bertz CT molecular complexity index is 1380. The zero-order valence-corrected chi connectivity index (χ0v) is 23.6. The highest BCUT2D eigenvalue weighted by atomic mass is 32.2. The van der Waals surface area contributed by atoms with Crippen molar-refractivity contribution in [1.29, 1.82) is 0 Å². The van der Waals surface area contributed by atoms with E-state index in [1.807, 2.05) is 41.3 Å². The molecular formula is C28H37N7O4S. The summed E-state index contributed by atoms with van der Waals surface area (Å²) >= 11 is 0. The predicted octanol–water partition coefficient (Wildman–Crippen LogP) is 2.17. The Morgan fingerprint density at radius 1 is 0.900 bits per heavy atom. The zero-order chi connectivity index (χ0) is 27.6. The molecule has 1 aromatic heterocycles. The number of amides is 2. The standard InChI is InChI=1S/C28H37N7O4S/c1-40(38,39)33-10-8-32(9-11-33)24-6-7-25(31-30-24)34-12-13-35(23-5-3-2-4-22(23)34)27(36)29-26-20-14-19-15-21(26)18-28(37,16-19)17-20/h2-7,19-21,26,37H,8-18H2,1H3,(H,29,36). The number of rotatable bonds is 4. The summed E-state index contributed by atoms with van der Waals surface area (Å²) in [6, 6.07) is 11.8. The Labute approximate surface area is 235 Å². The van der Waals surface area contributed by atoms with E-state index in [0.717, 1.165) is 49.3 Å². The topological polar surface area (TPSA) is 122 Å². The lowest BCUT2D eigenvalue weighted by molar-refractivity contribution is -0.136. The van der Waals surface area contributed by atoms with Gasteiger partial charge in [-0.1, -0.05) is 12.1 Å². The first-order valence-electron chi connectivity index (χ1n) is 14.4. The highest BCUT2D eigenvalue weighted by Gasteiger charge is 2.55. The quantitative estimate of drug-likeness (QED) is 0.577. The molecule has 3 heterocycles. The predicted molar refractivity (Wildman–Crippen MR) is 152 cm³/mol. The second kappa shape index (κ2) is 9.56. The number of carbonyl (C=O) groups excluding carboxylic acids is 1. The van der Waals surface area contributed by atoms with Gasteiger partial charge in [0.15, 0.2) is 11.6 Å². The number of hydrogen-bond donors (Lipinski definition) is 2. The van der Waals surface area contributed by atoms with Gasteiger partial charge in [-0.25, -0.2) is 13.2 Å². The number of nitrogens with zero attached hydrogens (tertiary/aromatic N) is 6. The van der Waals surface area contributed by atoms with E-state index in [1.54, 1.807) is 0 Å². The van der Waals surface area contributed by atoms with Crippen LogP contribution in [0.15, 0.2) is 36.4 Å². The summed E-state index contributed by atoms with van der Waals surface area (Å²) in [5.74, 6) is 2.76. The van der Waals surface area contributed by atoms with Gasteiger partial charge in [0, 0.05) is 45.3 Å². The zero-order valence-electron chi connectivity index (χ0n) is 22.8. The lowest BCUT2D eigenvalue weighted by Crippen LogP contribution is -2.63. The minimum Gasteiger partial charge on any atom is -0.390 e. The van der Waals surface area contributed by atoms with Crippen molar-refractivity contribution in [2.75, 3.05) is 60.2 Å². The number of urea groups is 1. The molecule has 4 bridgehead atoms. The van der Waals surface area contributed by atoms with E-state index in [0.29, 0.717) is 62.8 Å². The van der Waals surface area contributed by atoms with Gasteiger partial charge in [0.1, 0.15) is 0 Å². The molecule has 12 heteroatoms. The number of para-hydroxylation sites is 2. The van der Waals surface area contributed by atoms with Crippen LogP contribution in [0.25, 0.3) is 0 Å². The second-order valence-corrected chi connectivity index (χ2v) is 14.3. The summed E-state index contributed by atoms with van der Waals surface area (Å²) in [6.07, 6.45) is 5.99. The molecule has 2 aromatic rings. The largest absolute Gasteiger partial charge is 0.390 e. The molecule has 2 N–H and O–H groups in total. The number of benzene rings is 1. The first-order valence-corrected chi connectivity index (χ1v) is 16.2. The van der Waals surface area contributed by atoms with Crippen LogP contribution >= 0.6 is 0 Å². The van der Waals surface area contributed by atoms with E-state index in [9.17, 15) is 18.3 Å². The Morgan fingerprint density at radius 2 is 1.55 bits per heavy atom. The van der Waals surface area contributed by atoms with Crippen LogP contribution in [0, 0.1) is 17.8 Å². The number of anilines is 4. The molecule has 2 amide bonds. The van der Waals surface area contributed by atoms with E-state index in [-0.39, 0.29) is 12.1 Å². The molecule has 11 nitrogen and oxygen atoms in total. The van der Waals surface area contributed by atoms with Crippen molar-refractivity contribution in [2.24, 2.45) is 17.8 Å². The third-order valence-electron chi connectivity index (χ3n) is 9.73. The monoisotopic (exact) mass is 567 g/mol. The molecule has 214 valence electrons. The van der Waals surface area contributed by atoms with Gasteiger partial charge < -0.3 is 20.2 Å². The summed E-state index contributed by atoms with van der Waals surface area (Å²) in [7, 11) is -3.19. The molecule has 2 atom stereocenters. The maximum Gasteiger partial charge on any atom is 0.322 e. The van der Waals surface area contributed by atoms with Crippen LogP contribution in [0.1, 0.15) is 32.1 Å². The number of aliphatic hydroxyl groups is 1. The van der Waals surface area contributed by atoms with E-state index in [4.69, 9.17) is 0 Å². The number of carbonyl (C=O) groups is 1. The third-order valence-corrected chi connectivity index (χ3v) is 11.0. The number of sulfonamides is 1. The van der Waals surface area contributed by atoms with Crippen molar-refractivity contribution < 1.29 is 18.3 Å². The smallest absolute Gasteiger partial charge is 0.322 e. The Hall–Kier alpha value is -2.96. The van der Waals surface area contributed by atoms with Gasteiger partial charge in [-0.3, -0.25) is 4.90 Å². The second-order valence-electron chi connectivity index (χ2n) is 12.4. The average Bonchev–Trinajstić information content (AvgIpc) is 2.93. The van der Waals surface area contributed by atoms with Gasteiger partial charge in [0.25, 0.3) is 0 Å². The summed E-state index contributed by atoms with van der Waals surface area (Å²) < 4.78 is 25.1. The Kier molecular flexibility index (Phi) is 6.21. The highest BCUT2D eigenvalue weighted by Crippen LogP contribution is 2.55. The van der Waals surface area contributed by atoms with Gasteiger partial charge in [-0.2, -0.15) is 4.31 Å². The molecule has 40 heavy (non-hydrogen) atoms. The molecule has 8 rings (SSSR count). The molecule has 6 aliphatic rings. The van der Waals surface area contributed by atoms with Gasteiger partial charge in [-0.15, -0.1) is 10.2 Å². The van der Waals surface area contributed by atoms with Crippen LogP contribution in [0.4, 0.5) is 27.8 Å². The maximum atomic E-state index is 13.6. The van der Waals surface area contributed by atoms with Crippen molar-refractivity contribution in [3.8, 4) is 0 Å². The number of piperazine rings is 1. The number of nitrogens with one attached hydrogen (secondary N) is 1. The minimum atomic E-state index is -3.19. The summed E-state index contributed by atoms with van der Waals surface area (Å²) in [5, 5.41) is 23.3. The SMILES string of the molecule is CS(=O)(=O)N1CCN(c2ccc(N3CCN(C(=O)NC4C5CC6CC4CC(O)(C6)C5)c4ccccc43)nn2)CC1. The molecule has 0 radical (unpaired) electrons. The first-order chi connectivity index (χ1) is 19.2. The minimum absolute atomic E-state index is 0.0637. The van der Waals surface area contributed by atoms with E-state index in [1.165, 1.54) is 10.6 Å². The molecule has 1 aromatic carbocycles. The summed E-state index contributed by atoms with van der Waals surface area (Å²) in [6.45, 7) is 3.12. The van der Waals surface area contributed by atoms with E-state index in [2.05, 4.69) is 25.3 Å². The van der Waals surface area contributed by atoms with Crippen molar-refractivity contribution in [1.82, 2.24) is 19.8 Å². The molecular weight excluding hydrogens is 530 g/mol. The number of hydrogen-bond acceptors (Lipinski definition) is 8. The van der Waals surface area contributed by atoms with Crippen LogP contribution in [-0.2, 0) is 10.0 Å². The van der Waals surface area contributed by atoms with Crippen molar-refractivity contribution in [3.05, 3.63) is 36.4 Å². The normalized spacial score (nSPS) is 31.8. The van der Waals surface area contributed by atoms with Gasteiger partial charge in [-0.05, 0) is 74.1 Å². The first kappa shape index (κ1) is 26.0. The maximum absolute atomic E-state index is 13.6. The van der Waals surface area contributed by atoms with Gasteiger partial charge in [0.2, 0.25) is 10.0 Å². The Balaban J connectivity index is 1.05. The third kappa shape index (κ3) is 4.59. The van der Waals surface area contributed by atoms with Crippen LogP contribution in [0.5, 0.6) is 0 Å². The fourth-order valence-corrected chi connectivity index (χ4v) is 8.95. The van der Waals surface area contributed by atoms with Crippen molar-refractivity contribution in [3.63, 3.8) is 0 Å². The van der Waals surface area contributed by atoms with Crippen molar-refractivity contribution >= 4 is 39.1 Å². The summed E-state index contributed by atoms with van der Waals surface area (Å²) in [4.78, 5) is 19.6. The lowest BCUT2D eigenvalue weighted by Gasteiger charge is -2.58. The van der Waals surface area contributed by atoms with E-state index >= 15 is 0 Å². The van der Waals surface area contributed by atoms with Crippen LogP contribution in [0.2, 0.25) is 0 Å². The van der Waals surface area contributed by atoms with Crippen LogP contribution in [0.3, 0.4) is 0 Å². The molecule has 4 aliphatic carbocycles. The van der Waals surface area contributed by atoms with Gasteiger partial charge in [0.05, 0.1) is 23.2 Å². The van der Waals surface area contributed by atoms with Gasteiger partial charge >= 0.3 is 6.03 Å². The lowest BCUT2D eigenvalue weighted by atomic mass is 9.52. The number of fused-ring (bicyclic) bond motifs is 1. The molecule has 4 saturated carbocycles. The highest BCUT2D eigenvalue weighted by molar-refractivity contribution is 7.88.